The molecule has 0 radical (unpaired) electrons. The molecule has 0 aliphatic rings. The number of nitrogens with one attached hydrogen (secondary N) is 3. The molecule has 87 heavy (non-hydrogen) atoms. The largest absolute Gasteiger partial charge is 0.478 e. The van der Waals surface area contributed by atoms with Gasteiger partial charge >= 0.3 is 17.9 Å². The molecule has 9 aromatic carbocycles. The second kappa shape index (κ2) is 29.5. The van der Waals surface area contributed by atoms with Crippen molar-refractivity contribution in [3.05, 3.63) is 262 Å². The first-order chi connectivity index (χ1) is 41.4. The summed E-state index contributed by atoms with van der Waals surface area (Å²) in [6.07, 6.45) is 4.60. The summed E-state index contributed by atoms with van der Waals surface area (Å²) in [5.74, 6) is -2.90. The fourth-order valence-electron chi connectivity index (χ4n) is 8.96. The zero-order chi connectivity index (χ0) is 62.9. The number of aryl methyl sites for hydroxylation is 6. The summed E-state index contributed by atoms with van der Waals surface area (Å²) < 4.78 is 82.1. The van der Waals surface area contributed by atoms with Crippen LogP contribution < -0.4 is 19.1 Å². The molecular weight excluding hydrogens is 1160 g/mol. The maximum absolute atomic E-state index is 13.2. The molecular formula is C67H66N4O13S3. The lowest BCUT2D eigenvalue weighted by Crippen LogP contribution is -2.14. The molecule has 9 rings (SSSR count). The first kappa shape index (κ1) is 64.9. The minimum Gasteiger partial charge on any atom is -0.478 e. The Morgan fingerprint density at radius 1 is 0.379 bits per heavy atom. The zero-order valence-corrected chi connectivity index (χ0v) is 50.6. The van der Waals surface area contributed by atoms with Gasteiger partial charge in [0.25, 0.3) is 20.0 Å². The fourth-order valence-corrected chi connectivity index (χ4v) is 11.9. The highest BCUT2D eigenvalue weighted by molar-refractivity contribution is 7.93. The quantitative estimate of drug-likeness (QED) is 0.0325. The third kappa shape index (κ3) is 18.9. The average molecular weight is 1230 g/mol. The number of nitrogens with zero attached hydrogens (tertiary/aromatic N) is 1. The normalized spacial score (nSPS) is 11.2. The van der Waals surface area contributed by atoms with Crippen LogP contribution in [0.25, 0.3) is 10.8 Å². The number of Topliss-reactive ketones (excluding diaryl/α,β-unsaturated/α-hetero) is 1. The lowest BCUT2D eigenvalue weighted by Gasteiger charge is -2.17. The highest BCUT2D eigenvalue weighted by Crippen LogP contribution is 2.31. The average Bonchev–Trinajstić information content (AvgIpc) is 1.16. The van der Waals surface area contributed by atoms with E-state index in [0.717, 1.165) is 83.0 Å². The summed E-state index contributed by atoms with van der Waals surface area (Å²) in [7, 11) is -6.91. The Morgan fingerprint density at radius 2 is 0.690 bits per heavy atom. The number of aromatic carboxylic acids is 3. The number of carboxylic acids is 3. The van der Waals surface area contributed by atoms with E-state index < -0.39 is 48.0 Å². The molecule has 0 heterocycles. The summed E-state index contributed by atoms with van der Waals surface area (Å²) in [5.41, 5.74) is 10.0. The Bertz CT molecular complexity index is 4200. The summed E-state index contributed by atoms with van der Waals surface area (Å²) in [6, 6.07) is 58.8. The van der Waals surface area contributed by atoms with Crippen molar-refractivity contribution in [2.75, 3.05) is 38.9 Å². The molecule has 20 heteroatoms. The molecule has 0 saturated carbocycles. The number of carbonyl (C=O) groups is 4. The van der Waals surface area contributed by atoms with Gasteiger partial charge in [-0.3, -0.25) is 19.0 Å². The fraction of sp³-hybridized carbons (Fsp3) is 0.164. The van der Waals surface area contributed by atoms with E-state index in [1.807, 2.05) is 104 Å². The van der Waals surface area contributed by atoms with Crippen LogP contribution in [0.2, 0.25) is 0 Å². The number of fused-ring (bicyclic) bond motifs is 1. The molecule has 450 valence electrons. The molecule has 0 saturated heterocycles. The van der Waals surface area contributed by atoms with Gasteiger partial charge in [0.2, 0.25) is 10.0 Å². The molecule has 0 aliphatic carbocycles. The van der Waals surface area contributed by atoms with Crippen LogP contribution in [0.1, 0.15) is 88.7 Å². The van der Waals surface area contributed by atoms with E-state index in [-0.39, 0.29) is 38.0 Å². The van der Waals surface area contributed by atoms with Crippen LogP contribution in [0, 0.1) is 0 Å². The SMILES string of the molecule is CC(=O)c1ccc(S(=O)(=O)Nc2ccc(CCc3ccc(C(=O)O)cc3)cc2)cc1.CCS(=O)(=O)Nc1ccc(CCc2ccc(C(=O)O)cc2)cc1.CN(C)c1cccc2c(S(=O)(=O)Nc3ccc(CCc4ccc(C(=O)O)cc4)cc3)cccc12. The Hall–Kier alpha value is -9.63. The monoisotopic (exact) mass is 1230 g/mol. The number of hydrogen-bond donors (Lipinski definition) is 6. The van der Waals surface area contributed by atoms with Crippen molar-refractivity contribution in [2.45, 2.75) is 62.2 Å². The smallest absolute Gasteiger partial charge is 0.335 e. The van der Waals surface area contributed by atoms with Crippen LogP contribution in [0.3, 0.4) is 0 Å². The Labute approximate surface area is 507 Å². The first-order valence-corrected chi connectivity index (χ1v) is 32.1. The van der Waals surface area contributed by atoms with Gasteiger partial charge in [-0.2, -0.15) is 0 Å². The molecule has 6 N–H and O–H groups in total. The van der Waals surface area contributed by atoms with Crippen molar-refractivity contribution in [2.24, 2.45) is 0 Å². The van der Waals surface area contributed by atoms with Crippen molar-refractivity contribution in [1.82, 2.24) is 0 Å². The lowest BCUT2D eigenvalue weighted by molar-refractivity contribution is 0.0686. The summed E-state index contributed by atoms with van der Waals surface area (Å²) in [4.78, 5) is 46.3. The van der Waals surface area contributed by atoms with E-state index in [0.29, 0.717) is 28.0 Å². The van der Waals surface area contributed by atoms with Gasteiger partial charge in [-0.15, -0.1) is 0 Å². The Kier molecular flexibility index (Phi) is 22.0. The summed E-state index contributed by atoms with van der Waals surface area (Å²) >= 11 is 0. The molecule has 0 bridgehead atoms. The van der Waals surface area contributed by atoms with Gasteiger partial charge in [-0.25, -0.2) is 39.6 Å². The van der Waals surface area contributed by atoms with Gasteiger partial charge in [0.05, 0.1) is 32.2 Å². The van der Waals surface area contributed by atoms with E-state index >= 15 is 0 Å². The molecule has 0 aromatic heterocycles. The molecule has 0 fully saturated rings. The maximum Gasteiger partial charge on any atom is 0.335 e. The highest BCUT2D eigenvalue weighted by Gasteiger charge is 2.20. The van der Waals surface area contributed by atoms with Crippen LogP contribution >= 0.6 is 0 Å². The maximum atomic E-state index is 13.2. The number of hydrogen-bond acceptors (Lipinski definition) is 11. The van der Waals surface area contributed by atoms with Crippen molar-refractivity contribution < 1.29 is 59.8 Å². The number of anilines is 4. The van der Waals surface area contributed by atoms with Gasteiger partial charge in [-0.05, 0) is 183 Å². The predicted molar refractivity (Wildman–Crippen MR) is 341 cm³/mol. The lowest BCUT2D eigenvalue weighted by atomic mass is 10.0. The summed E-state index contributed by atoms with van der Waals surface area (Å²) in [5, 5.41) is 28.3. The van der Waals surface area contributed by atoms with Gasteiger partial charge < -0.3 is 20.2 Å². The van der Waals surface area contributed by atoms with Crippen LogP contribution in [0.4, 0.5) is 22.7 Å². The minimum atomic E-state index is -3.78. The van der Waals surface area contributed by atoms with Gasteiger partial charge in [0.1, 0.15) is 0 Å². The highest BCUT2D eigenvalue weighted by atomic mass is 32.2. The van der Waals surface area contributed by atoms with Crippen LogP contribution in [0.5, 0.6) is 0 Å². The van der Waals surface area contributed by atoms with Crippen molar-refractivity contribution in [3.63, 3.8) is 0 Å². The van der Waals surface area contributed by atoms with Crippen LogP contribution in [0.15, 0.2) is 216 Å². The van der Waals surface area contributed by atoms with Crippen LogP contribution in [-0.2, 0) is 68.6 Å². The molecule has 0 aliphatic heterocycles. The third-order valence-corrected chi connectivity index (χ3v) is 18.1. The van der Waals surface area contributed by atoms with Crippen molar-refractivity contribution >= 4 is 87.3 Å². The Morgan fingerprint density at radius 3 is 1.02 bits per heavy atom. The van der Waals surface area contributed by atoms with Crippen LogP contribution in [-0.4, -0.2) is 84.1 Å². The zero-order valence-electron chi connectivity index (χ0n) is 48.2. The van der Waals surface area contributed by atoms with Crippen molar-refractivity contribution in [1.29, 1.82) is 0 Å². The molecule has 9 aromatic rings. The molecule has 0 amide bonds. The van der Waals surface area contributed by atoms with E-state index in [1.54, 1.807) is 104 Å². The number of sulfonamides is 3. The third-order valence-electron chi connectivity index (χ3n) is 13.9. The molecule has 0 atom stereocenters. The molecule has 17 nitrogen and oxygen atoms in total. The molecule has 0 unspecified atom stereocenters. The van der Waals surface area contributed by atoms with Gasteiger partial charge in [0.15, 0.2) is 5.78 Å². The van der Waals surface area contributed by atoms with Crippen molar-refractivity contribution in [3.8, 4) is 0 Å². The second-order valence-corrected chi connectivity index (χ2v) is 25.8. The number of carbonyl (C=O) groups excluding carboxylic acids is 1. The minimum absolute atomic E-state index is 0.0427. The standard InChI is InChI=1S/C27H26N2O4S.C23H21NO5S.C17H19NO4S/c1-29(2)25-7-3-6-24-23(25)5-4-8-26(24)34(32,33)28-22-17-13-20(14-18-22)10-9-19-11-15-21(16-12-19)27(30)31;1-16(25)19-10-14-22(15-11-19)30(28,29)24-21-12-6-18(7-13-21)3-2-17-4-8-20(9-5-17)23(26)27;1-2-23(21,22)18-16-11-7-14(8-12-16)4-3-13-5-9-15(10-6-13)17(19)20/h3-8,11-18,28H,9-10H2,1-2H3,(H,30,31);4-15,24H,2-3H2,1H3,(H,26,27);5-12,18H,2-4H2,1H3,(H,19,20). The van der Waals surface area contributed by atoms with Gasteiger partial charge in [0, 0.05) is 53.2 Å². The first-order valence-electron chi connectivity index (χ1n) is 27.5. The number of rotatable bonds is 23. The topological polar surface area (TPSA) is 271 Å². The Balaban J connectivity index is 0.000000190. The number of benzene rings is 9. The number of ketones is 1. The van der Waals surface area contributed by atoms with Gasteiger partial charge in [-0.1, -0.05) is 109 Å². The second-order valence-electron chi connectivity index (χ2n) is 20.4. The van der Waals surface area contributed by atoms with E-state index in [2.05, 4.69) is 14.2 Å². The predicted octanol–water partition coefficient (Wildman–Crippen LogP) is 12.3. The van der Waals surface area contributed by atoms with E-state index in [1.165, 1.54) is 31.2 Å². The van der Waals surface area contributed by atoms with E-state index in [4.69, 9.17) is 15.3 Å². The summed E-state index contributed by atoms with van der Waals surface area (Å²) in [6.45, 7) is 3.01. The number of carboxylic acid groups (broad SMARTS) is 3. The van der Waals surface area contributed by atoms with E-state index in [9.17, 15) is 44.4 Å². The molecule has 0 spiro atoms.